The lowest BCUT2D eigenvalue weighted by Gasteiger charge is -2.10. The van der Waals surface area contributed by atoms with Crippen molar-refractivity contribution in [2.75, 3.05) is 14.2 Å². The molecule has 0 atom stereocenters. The average Bonchev–Trinajstić information content (AvgIpc) is 2.82. The van der Waals surface area contributed by atoms with Gasteiger partial charge in [-0.1, -0.05) is 17.3 Å². The first kappa shape index (κ1) is 12.5. The summed E-state index contributed by atoms with van der Waals surface area (Å²) in [5.74, 6) is 0.684. The fourth-order valence-corrected chi connectivity index (χ4v) is 1.74. The number of hydrogen-bond donors (Lipinski definition) is 1. The molecule has 0 unspecified atom stereocenters. The Morgan fingerprint density at radius 3 is 2.72 bits per heavy atom. The SMILES string of the molecule is COCc1c(CO)nnn1-c1ccccc1OC. The predicted molar refractivity (Wildman–Crippen MR) is 64.5 cm³/mol. The first-order valence-corrected chi connectivity index (χ1v) is 5.48. The number of hydrogen-bond acceptors (Lipinski definition) is 5. The van der Waals surface area contributed by atoms with Gasteiger partial charge in [0.1, 0.15) is 17.1 Å². The summed E-state index contributed by atoms with van der Waals surface area (Å²) in [5, 5.41) is 17.2. The van der Waals surface area contributed by atoms with Crippen molar-refractivity contribution < 1.29 is 14.6 Å². The van der Waals surface area contributed by atoms with Gasteiger partial charge in [0.15, 0.2) is 0 Å². The standard InChI is InChI=1S/C12H15N3O3/c1-17-8-11-9(7-16)13-14-15(11)10-5-3-4-6-12(10)18-2/h3-6,16H,7-8H2,1-2H3. The number of para-hydroxylation sites is 2. The highest BCUT2D eigenvalue weighted by molar-refractivity contribution is 5.46. The zero-order valence-electron chi connectivity index (χ0n) is 10.3. The number of methoxy groups -OCH3 is 2. The van der Waals surface area contributed by atoms with Crippen molar-refractivity contribution in [3.63, 3.8) is 0 Å². The van der Waals surface area contributed by atoms with Gasteiger partial charge in [-0.05, 0) is 12.1 Å². The maximum Gasteiger partial charge on any atom is 0.144 e. The molecule has 0 radical (unpaired) electrons. The van der Waals surface area contributed by atoms with Crippen molar-refractivity contribution in [1.29, 1.82) is 0 Å². The second-order valence-corrected chi connectivity index (χ2v) is 3.66. The van der Waals surface area contributed by atoms with E-state index in [9.17, 15) is 5.11 Å². The van der Waals surface area contributed by atoms with Gasteiger partial charge in [0.05, 0.1) is 26.0 Å². The summed E-state index contributed by atoms with van der Waals surface area (Å²) in [4.78, 5) is 0. The maximum absolute atomic E-state index is 9.23. The van der Waals surface area contributed by atoms with Crippen LogP contribution in [0, 0.1) is 0 Å². The Balaban J connectivity index is 2.52. The fourth-order valence-electron chi connectivity index (χ4n) is 1.74. The molecule has 0 saturated heterocycles. The summed E-state index contributed by atoms with van der Waals surface area (Å²) in [5.41, 5.74) is 1.98. The third-order valence-electron chi connectivity index (χ3n) is 2.59. The van der Waals surface area contributed by atoms with E-state index < -0.39 is 0 Å². The van der Waals surface area contributed by atoms with Gasteiger partial charge in [-0.3, -0.25) is 0 Å². The van der Waals surface area contributed by atoms with Gasteiger partial charge < -0.3 is 14.6 Å². The van der Waals surface area contributed by atoms with Gasteiger partial charge in [0.25, 0.3) is 0 Å². The van der Waals surface area contributed by atoms with E-state index in [1.54, 1.807) is 18.9 Å². The van der Waals surface area contributed by atoms with E-state index in [0.29, 0.717) is 23.7 Å². The second kappa shape index (κ2) is 5.61. The lowest BCUT2D eigenvalue weighted by Crippen LogP contribution is -2.06. The molecule has 0 fully saturated rings. The normalized spacial score (nSPS) is 10.6. The van der Waals surface area contributed by atoms with Crippen LogP contribution in [0.15, 0.2) is 24.3 Å². The quantitative estimate of drug-likeness (QED) is 0.853. The number of rotatable bonds is 5. The zero-order chi connectivity index (χ0) is 13.0. The van der Waals surface area contributed by atoms with Gasteiger partial charge in [0.2, 0.25) is 0 Å². The Labute approximate surface area is 105 Å². The van der Waals surface area contributed by atoms with Crippen LogP contribution in [-0.2, 0) is 18.0 Å². The van der Waals surface area contributed by atoms with E-state index >= 15 is 0 Å². The molecule has 1 aromatic carbocycles. The molecule has 1 N–H and O–H groups in total. The van der Waals surface area contributed by atoms with Crippen LogP contribution in [-0.4, -0.2) is 34.3 Å². The summed E-state index contributed by atoms with van der Waals surface area (Å²) >= 11 is 0. The smallest absolute Gasteiger partial charge is 0.144 e. The van der Waals surface area contributed by atoms with Crippen LogP contribution in [0.2, 0.25) is 0 Å². The van der Waals surface area contributed by atoms with Crippen molar-refractivity contribution in [3.8, 4) is 11.4 Å². The van der Waals surface area contributed by atoms with Crippen LogP contribution in [0.3, 0.4) is 0 Å². The summed E-state index contributed by atoms with van der Waals surface area (Å²) < 4.78 is 12.0. The van der Waals surface area contributed by atoms with Gasteiger partial charge in [0, 0.05) is 7.11 Å². The lowest BCUT2D eigenvalue weighted by molar-refractivity contribution is 0.175. The van der Waals surface area contributed by atoms with Gasteiger partial charge >= 0.3 is 0 Å². The predicted octanol–water partition coefficient (Wildman–Crippen LogP) is 0.915. The third kappa shape index (κ3) is 2.20. The topological polar surface area (TPSA) is 69.4 Å². The first-order chi connectivity index (χ1) is 8.81. The van der Waals surface area contributed by atoms with Crippen molar-refractivity contribution in [1.82, 2.24) is 15.0 Å². The van der Waals surface area contributed by atoms with Crippen LogP contribution < -0.4 is 4.74 Å². The number of aromatic nitrogens is 3. The molecule has 1 aromatic heterocycles. The molecule has 96 valence electrons. The second-order valence-electron chi connectivity index (χ2n) is 3.66. The molecule has 0 aliphatic carbocycles. The Morgan fingerprint density at radius 2 is 2.06 bits per heavy atom. The largest absolute Gasteiger partial charge is 0.494 e. The minimum Gasteiger partial charge on any atom is -0.494 e. The van der Waals surface area contributed by atoms with Gasteiger partial charge in [-0.25, -0.2) is 4.68 Å². The lowest BCUT2D eigenvalue weighted by atomic mass is 10.2. The monoisotopic (exact) mass is 249 g/mol. The van der Waals surface area contributed by atoms with Gasteiger partial charge in [-0.15, -0.1) is 5.10 Å². The van der Waals surface area contributed by atoms with Crippen LogP contribution in [0.5, 0.6) is 5.75 Å². The number of aliphatic hydroxyl groups is 1. The van der Waals surface area contributed by atoms with Crippen LogP contribution in [0.4, 0.5) is 0 Å². The fraction of sp³-hybridized carbons (Fsp3) is 0.333. The molecule has 0 spiro atoms. The molecule has 6 heteroatoms. The Bertz CT molecular complexity index is 525. The third-order valence-corrected chi connectivity index (χ3v) is 2.59. The molecule has 0 bridgehead atoms. The summed E-state index contributed by atoms with van der Waals surface area (Å²) in [6.07, 6.45) is 0. The average molecular weight is 249 g/mol. The molecule has 2 aromatic rings. The Morgan fingerprint density at radius 1 is 1.28 bits per heavy atom. The molecule has 2 rings (SSSR count). The molecule has 0 saturated carbocycles. The van der Waals surface area contributed by atoms with Crippen molar-refractivity contribution in [2.24, 2.45) is 0 Å². The molecule has 1 heterocycles. The van der Waals surface area contributed by atoms with E-state index in [4.69, 9.17) is 9.47 Å². The Hall–Kier alpha value is -1.92. The van der Waals surface area contributed by atoms with Crippen LogP contribution >= 0.6 is 0 Å². The molecule has 0 aliphatic heterocycles. The highest BCUT2D eigenvalue weighted by Gasteiger charge is 2.15. The highest BCUT2D eigenvalue weighted by atomic mass is 16.5. The van der Waals surface area contributed by atoms with Crippen LogP contribution in [0.1, 0.15) is 11.4 Å². The van der Waals surface area contributed by atoms with E-state index in [1.165, 1.54) is 0 Å². The molecule has 0 aliphatic rings. The molecule has 0 amide bonds. The van der Waals surface area contributed by atoms with Gasteiger partial charge in [-0.2, -0.15) is 0 Å². The molecule has 6 nitrogen and oxygen atoms in total. The molecule has 18 heavy (non-hydrogen) atoms. The van der Waals surface area contributed by atoms with Crippen molar-refractivity contribution in [2.45, 2.75) is 13.2 Å². The highest BCUT2D eigenvalue weighted by Crippen LogP contribution is 2.23. The minimum atomic E-state index is -0.173. The van der Waals surface area contributed by atoms with Crippen molar-refractivity contribution in [3.05, 3.63) is 35.7 Å². The van der Waals surface area contributed by atoms with E-state index in [2.05, 4.69) is 10.3 Å². The zero-order valence-corrected chi connectivity index (χ0v) is 10.3. The first-order valence-electron chi connectivity index (χ1n) is 5.48. The number of benzene rings is 1. The summed E-state index contributed by atoms with van der Waals surface area (Å²) in [7, 11) is 3.18. The number of ether oxygens (including phenoxy) is 2. The molecular formula is C12H15N3O3. The van der Waals surface area contributed by atoms with Crippen LogP contribution in [0.25, 0.3) is 5.69 Å². The van der Waals surface area contributed by atoms with E-state index in [1.807, 2.05) is 24.3 Å². The summed E-state index contributed by atoms with van der Waals surface area (Å²) in [6, 6.07) is 7.47. The number of nitrogens with zero attached hydrogens (tertiary/aromatic N) is 3. The Kier molecular flexibility index (Phi) is 3.91. The molecular weight excluding hydrogens is 234 g/mol. The number of aliphatic hydroxyl groups excluding tert-OH is 1. The maximum atomic E-state index is 9.23. The minimum absolute atomic E-state index is 0.173. The summed E-state index contributed by atoms with van der Waals surface area (Å²) in [6.45, 7) is 0.148. The van der Waals surface area contributed by atoms with Crippen molar-refractivity contribution >= 4 is 0 Å². The van der Waals surface area contributed by atoms with E-state index in [0.717, 1.165) is 5.69 Å². The van der Waals surface area contributed by atoms with E-state index in [-0.39, 0.29) is 6.61 Å².